The van der Waals surface area contributed by atoms with Crippen LogP contribution in [-0.2, 0) is 41.4 Å². The quantitative estimate of drug-likeness (QED) is 0.0420. The van der Waals surface area contributed by atoms with Crippen LogP contribution in [0.3, 0.4) is 0 Å². The molecule has 4 amide bonds. The van der Waals surface area contributed by atoms with Crippen LogP contribution in [-0.4, -0.2) is 107 Å². The number of likely N-dealkylation sites (tertiary alicyclic amines) is 1. The van der Waals surface area contributed by atoms with E-state index in [9.17, 15) is 37.5 Å². The average molecular weight is 1010 g/mol. The lowest BCUT2D eigenvalue weighted by molar-refractivity contribution is -0.144. The number of carbonyl (C=O) groups excluding carboxylic acids is 4. The van der Waals surface area contributed by atoms with E-state index in [0.29, 0.717) is 50.7 Å². The monoisotopic (exact) mass is 1010 g/mol. The minimum absolute atomic E-state index is 0.00133. The van der Waals surface area contributed by atoms with Crippen molar-refractivity contribution in [1.82, 2.24) is 20.5 Å². The number of thiocarbonyl (C=S) groups is 1. The molecule has 2 aliphatic heterocycles. The van der Waals surface area contributed by atoms with Crippen molar-refractivity contribution in [2.75, 3.05) is 49.4 Å². The number of halogens is 3. The number of nitrogens with one attached hydrogen (secondary N) is 2. The molecule has 4 aromatic rings. The number of aliphatic hydroxyl groups excluding tert-OH is 1. The second-order valence-corrected chi connectivity index (χ2v) is 19.8. The summed E-state index contributed by atoms with van der Waals surface area (Å²) in [7, 11) is 0. The molecular weight excluding hydrogens is 948 g/mol. The first-order chi connectivity index (χ1) is 33.2. The Bertz CT molecular complexity index is 2510. The van der Waals surface area contributed by atoms with E-state index in [4.69, 9.17) is 33.0 Å². The van der Waals surface area contributed by atoms with Crippen molar-refractivity contribution in [1.29, 1.82) is 0 Å². The lowest BCUT2D eigenvalue weighted by atomic mass is 9.85. The van der Waals surface area contributed by atoms with Crippen molar-refractivity contribution in [2.45, 2.75) is 103 Å². The minimum Gasteiger partial charge on any atom is -0.494 e. The molecule has 0 bridgehead atoms. The largest absolute Gasteiger partial charge is 0.494 e. The van der Waals surface area contributed by atoms with Crippen LogP contribution in [0.25, 0.3) is 15.3 Å². The van der Waals surface area contributed by atoms with Crippen molar-refractivity contribution in [2.24, 2.45) is 5.41 Å². The second kappa shape index (κ2) is 23.3. The number of thiazole rings is 1. The van der Waals surface area contributed by atoms with Crippen LogP contribution in [0.15, 0.2) is 78.4 Å². The molecule has 2 saturated heterocycles. The van der Waals surface area contributed by atoms with Gasteiger partial charge >= 0.3 is 6.18 Å². The summed E-state index contributed by atoms with van der Waals surface area (Å²) < 4.78 is 58.4. The fourth-order valence-corrected chi connectivity index (χ4v) is 9.26. The van der Waals surface area contributed by atoms with Crippen molar-refractivity contribution in [3.63, 3.8) is 0 Å². The average Bonchev–Trinajstić information content (AvgIpc) is 4.04. The van der Waals surface area contributed by atoms with Gasteiger partial charge in [0.25, 0.3) is 5.91 Å². The number of rotatable bonds is 21. The van der Waals surface area contributed by atoms with Crippen LogP contribution < -0.4 is 25.2 Å². The highest BCUT2D eigenvalue weighted by atomic mass is 32.1. The van der Waals surface area contributed by atoms with Gasteiger partial charge in [0.15, 0.2) is 10.8 Å². The van der Waals surface area contributed by atoms with Crippen LogP contribution in [0.1, 0.15) is 77.8 Å². The van der Waals surface area contributed by atoms with Crippen molar-refractivity contribution >= 4 is 69.4 Å². The van der Waals surface area contributed by atoms with E-state index in [1.165, 1.54) is 22.3 Å². The van der Waals surface area contributed by atoms with Gasteiger partial charge in [-0.05, 0) is 98.3 Å². The molecule has 3 N–H and O–H groups in total. The Balaban J connectivity index is 0.849. The number of aliphatic hydroxyl groups is 1. The summed E-state index contributed by atoms with van der Waals surface area (Å²) >= 11 is 7.16. The summed E-state index contributed by atoms with van der Waals surface area (Å²) in [6.45, 7) is 17.5. The van der Waals surface area contributed by atoms with E-state index in [1.54, 1.807) is 54.7 Å². The maximum Gasteiger partial charge on any atom is 0.407 e. The zero-order valence-corrected chi connectivity index (χ0v) is 41.3. The number of unbranched alkanes of at least 4 members (excludes halogenated alkanes) is 2. The van der Waals surface area contributed by atoms with Gasteiger partial charge in [-0.15, -0.1) is 11.3 Å². The Morgan fingerprint density at radius 2 is 1.63 bits per heavy atom. The highest BCUT2D eigenvalue weighted by Gasteiger charge is 2.51. The zero-order chi connectivity index (χ0) is 50.8. The first kappa shape index (κ1) is 53.4. The van der Waals surface area contributed by atoms with Crippen LogP contribution in [0.4, 0.5) is 30.2 Å². The summed E-state index contributed by atoms with van der Waals surface area (Å²) in [6.07, 6.45) is -0.902. The molecule has 6 rings (SSSR count). The highest BCUT2D eigenvalue weighted by Crippen LogP contribution is 2.42. The topological polar surface area (TPSA) is 167 Å². The van der Waals surface area contributed by atoms with E-state index < -0.39 is 64.3 Å². The van der Waals surface area contributed by atoms with Gasteiger partial charge in [-0.1, -0.05) is 51.1 Å². The Morgan fingerprint density at radius 1 is 0.957 bits per heavy atom. The third-order valence-corrected chi connectivity index (χ3v) is 13.0. The number of ether oxygens (including phenoxy) is 3. The number of alkyl halides is 3. The smallest absolute Gasteiger partial charge is 0.407 e. The summed E-state index contributed by atoms with van der Waals surface area (Å²) in [6, 6.07) is 15.8. The molecule has 2 fully saturated rings. The van der Waals surface area contributed by atoms with Gasteiger partial charge in [-0.2, -0.15) is 13.2 Å². The highest BCUT2D eigenvalue weighted by molar-refractivity contribution is 7.81. The van der Waals surface area contributed by atoms with Crippen LogP contribution in [0.2, 0.25) is 0 Å². The standard InChI is InChI=1S/C50H58F3N7O8S2/c1-48(2,3)43(45(64)58-29-36(61)26-40(58)44(63)56-27-32-11-13-33(14-12-32)41-28-55-31-70-41)57-42(62)30-67-22-9-7-8-21-66-23-10-24-68-37-18-15-34(16-19-37)60-47(69)59(46(65)49(60,4)5)35-17-20-39(54-6)38(25-35)50(51,52)53/h11-20,25,28,31,36,40,43,61H,7-10,21-24,26-27,29-30H2,1-5H3,(H,56,63)(H,57,62)/t36-,40+,43-/m1/s1. The Kier molecular flexibility index (Phi) is 17.8. The van der Waals surface area contributed by atoms with Crippen molar-refractivity contribution in [3.05, 3.63) is 101 Å². The molecule has 0 aliphatic carbocycles. The molecule has 374 valence electrons. The third kappa shape index (κ3) is 13.2. The molecule has 3 aromatic carbocycles. The van der Waals surface area contributed by atoms with Crippen LogP contribution in [0, 0.1) is 12.0 Å². The molecule has 0 spiro atoms. The van der Waals surface area contributed by atoms with Gasteiger partial charge in [-0.25, -0.2) is 4.85 Å². The summed E-state index contributed by atoms with van der Waals surface area (Å²) in [5.41, 5.74) is 0.497. The predicted molar refractivity (Wildman–Crippen MR) is 263 cm³/mol. The van der Waals surface area contributed by atoms with E-state index in [1.807, 2.05) is 45.0 Å². The van der Waals surface area contributed by atoms with E-state index in [-0.39, 0.29) is 42.8 Å². The first-order valence-electron chi connectivity index (χ1n) is 22.9. The molecular formula is C50H58F3N7O8S2. The maximum atomic E-state index is 13.9. The van der Waals surface area contributed by atoms with Crippen LogP contribution >= 0.6 is 23.6 Å². The summed E-state index contributed by atoms with van der Waals surface area (Å²) in [4.78, 5) is 65.9. The second-order valence-electron chi connectivity index (χ2n) is 18.6. The molecule has 3 atom stereocenters. The van der Waals surface area contributed by atoms with Crippen molar-refractivity contribution in [3.8, 4) is 16.2 Å². The molecule has 0 unspecified atom stereocenters. The molecule has 3 heterocycles. The number of anilines is 2. The van der Waals surface area contributed by atoms with Crippen molar-refractivity contribution < 1.29 is 51.7 Å². The van der Waals surface area contributed by atoms with Gasteiger partial charge in [-0.3, -0.25) is 29.1 Å². The molecule has 20 heteroatoms. The number of aromatic nitrogens is 1. The summed E-state index contributed by atoms with van der Waals surface area (Å²) in [5, 5.41) is 16.2. The third-order valence-electron chi connectivity index (χ3n) is 11.9. The van der Waals surface area contributed by atoms with E-state index >= 15 is 0 Å². The number of β-amino-alcohol motifs (C(OH)–C–C–N with tert-alkyl or cyclic N) is 1. The number of hydrogen-bond donors (Lipinski definition) is 3. The fourth-order valence-electron chi connectivity index (χ4n) is 8.11. The predicted octanol–water partition coefficient (Wildman–Crippen LogP) is 8.08. The first-order valence-corrected chi connectivity index (χ1v) is 24.2. The molecule has 0 radical (unpaired) electrons. The normalized spacial score (nSPS) is 17.4. The Hall–Kier alpha value is -5.98. The lowest BCUT2D eigenvalue weighted by Crippen LogP contribution is -2.58. The Labute approximate surface area is 415 Å². The molecule has 0 saturated carbocycles. The number of carbonyl (C=O) groups is 4. The van der Waals surface area contributed by atoms with Gasteiger partial charge < -0.3 is 39.8 Å². The van der Waals surface area contributed by atoms with Crippen LogP contribution in [0.5, 0.6) is 5.75 Å². The number of nitrogens with zero attached hydrogens (tertiary/aromatic N) is 5. The SMILES string of the molecule is [C-]#[N+]c1ccc(N2C(=O)C(C)(C)N(c3ccc(OCCCOCCCCCOCC(=O)N[C@H](C(=O)N4C[C@H](O)C[C@H]4C(=O)NCc4ccc(-c5cncs5)cc4)C(C)(C)C)cc3)C2=S)cc1C(F)(F)F. The van der Waals surface area contributed by atoms with Gasteiger partial charge in [0, 0.05) is 63.3 Å². The fraction of sp³-hybridized carbons (Fsp3) is 0.460. The summed E-state index contributed by atoms with van der Waals surface area (Å²) in [5.74, 6) is -1.24. The van der Waals surface area contributed by atoms with E-state index in [0.717, 1.165) is 45.9 Å². The Morgan fingerprint density at radius 3 is 2.27 bits per heavy atom. The number of hydrogen-bond acceptors (Lipinski definition) is 11. The van der Waals surface area contributed by atoms with Gasteiger partial charge in [0.1, 0.15) is 30.0 Å². The molecule has 15 nitrogen and oxygen atoms in total. The molecule has 1 aromatic heterocycles. The molecule has 70 heavy (non-hydrogen) atoms. The zero-order valence-electron chi connectivity index (χ0n) is 39.7. The van der Waals surface area contributed by atoms with E-state index in [2.05, 4.69) is 20.5 Å². The lowest BCUT2D eigenvalue weighted by Gasteiger charge is -2.35. The number of amides is 4. The maximum absolute atomic E-state index is 13.9. The van der Waals surface area contributed by atoms with Gasteiger partial charge in [0.2, 0.25) is 17.7 Å². The van der Waals surface area contributed by atoms with Gasteiger partial charge in [0.05, 0.1) is 35.2 Å². The molecule has 2 aliphatic rings. The minimum atomic E-state index is -4.79. The number of benzene rings is 3.